The molecule has 180 valence electrons. The maximum Gasteiger partial charge on any atom is 0.227 e. The van der Waals surface area contributed by atoms with Crippen molar-refractivity contribution in [1.82, 2.24) is 9.97 Å². The van der Waals surface area contributed by atoms with Crippen molar-refractivity contribution in [3.8, 4) is 0 Å². The zero-order chi connectivity index (χ0) is 24.3. The lowest BCUT2D eigenvalue weighted by molar-refractivity contribution is -0.129. The fraction of sp³-hybridized carbons (Fsp3) is 0.375. The van der Waals surface area contributed by atoms with Gasteiger partial charge in [-0.05, 0) is 87.7 Å². The van der Waals surface area contributed by atoms with Crippen molar-refractivity contribution in [3.63, 3.8) is 0 Å². The third kappa shape index (κ3) is 5.03. The lowest BCUT2D eigenvalue weighted by Crippen LogP contribution is -2.63. The minimum absolute atomic E-state index is 0.0550. The minimum atomic E-state index is -2.65. The lowest BCUT2D eigenvalue weighted by Gasteiger charge is -2.47. The Hall–Kier alpha value is -1.19. The lowest BCUT2D eigenvalue weighted by atomic mass is 9.83. The van der Waals surface area contributed by atoms with Crippen molar-refractivity contribution in [2.24, 2.45) is 5.73 Å². The second-order valence-corrected chi connectivity index (χ2v) is 12.8. The summed E-state index contributed by atoms with van der Waals surface area (Å²) in [5.41, 5.74) is 7.56. The molecule has 2 aromatic carbocycles. The number of ether oxygens (including phenoxy) is 1. The number of halogens is 2. The highest BCUT2D eigenvalue weighted by molar-refractivity contribution is 14.1. The summed E-state index contributed by atoms with van der Waals surface area (Å²) in [6, 6.07) is 14.0. The molecule has 0 bridgehead atoms. The van der Waals surface area contributed by atoms with Crippen LogP contribution in [0.3, 0.4) is 0 Å². The van der Waals surface area contributed by atoms with E-state index in [1.165, 1.54) is 0 Å². The average Bonchev–Trinajstić information content (AvgIpc) is 3.35. The van der Waals surface area contributed by atoms with Gasteiger partial charge in [0.05, 0.1) is 23.2 Å². The molecule has 7 nitrogen and oxygen atoms in total. The summed E-state index contributed by atoms with van der Waals surface area (Å²) in [6.45, 7) is 0. The van der Waals surface area contributed by atoms with Crippen LogP contribution in [0.4, 0.5) is 0 Å². The van der Waals surface area contributed by atoms with Crippen LogP contribution in [0, 0.1) is 0 Å². The zero-order valence-electron chi connectivity index (χ0n) is 18.3. The molecule has 1 aliphatic carbocycles. The Morgan fingerprint density at radius 3 is 2.41 bits per heavy atom. The molecule has 0 aliphatic heterocycles. The molecule has 3 atom stereocenters. The first kappa shape index (κ1) is 25.9. The molecule has 0 amide bonds. The molecule has 1 fully saturated rings. The molecular formula is C24H25I2N3O4S. The summed E-state index contributed by atoms with van der Waals surface area (Å²) in [4.78, 5) is 8.70. The van der Waals surface area contributed by atoms with Crippen LogP contribution in [-0.4, -0.2) is 42.1 Å². The first-order valence-corrected chi connectivity index (χ1v) is 14.2. The number of hydrogen-bond donors (Lipinski definition) is 2. The maximum atomic E-state index is 12.5. The quantitative estimate of drug-likeness (QED) is 0.158. The second kappa shape index (κ2) is 10.8. The van der Waals surface area contributed by atoms with E-state index in [0.29, 0.717) is 23.0 Å². The standard InChI is InChI=1S/C24H25I2N3O4S/c25-22(34(31)32)23(33-18-8-4-5-9-18,17-10-11-19-20(15-17)29-13-12-28-19)24(26,30)21(27)14-16-6-2-1-3-7-16/h1-3,6-7,10-13,15,18,21,30H,4-5,8-9,14,27H2/t21-,23?,24-/m0/s1. The third-order valence-electron chi connectivity index (χ3n) is 6.23. The fourth-order valence-electron chi connectivity index (χ4n) is 4.47. The molecule has 3 aromatic rings. The van der Waals surface area contributed by atoms with E-state index in [0.717, 1.165) is 31.2 Å². The molecule has 1 heterocycles. The van der Waals surface area contributed by atoms with Gasteiger partial charge >= 0.3 is 0 Å². The Bertz CT molecular complexity index is 1290. The normalized spacial score (nSPS) is 18.8. The van der Waals surface area contributed by atoms with Gasteiger partial charge in [0.25, 0.3) is 0 Å². The number of fused-ring (bicyclic) bond motifs is 1. The summed E-state index contributed by atoms with van der Waals surface area (Å²) < 4.78 is 29.7. The molecule has 0 saturated heterocycles. The maximum absolute atomic E-state index is 12.5. The first-order chi connectivity index (χ1) is 16.3. The van der Waals surface area contributed by atoms with Gasteiger partial charge in [0.15, 0.2) is 12.1 Å². The van der Waals surface area contributed by atoms with Gasteiger partial charge in [-0.2, -0.15) is 8.42 Å². The topological polar surface area (TPSA) is 115 Å². The zero-order valence-corrected chi connectivity index (χ0v) is 23.4. The van der Waals surface area contributed by atoms with E-state index >= 15 is 0 Å². The fourth-order valence-corrected chi connectivity index (χ4v) is 7.50. The predicted octanol–water partition coefficient (Wildman–Crippen LogP) is 3.92. The highest BCUT2D eigenvalue weighted by atomic mass is 127. The Morgan fingerprint density at radius 1 is 1.12 bits per heavy atom. The molecule has 0 radical (unpaired) electrons. The molecule has 0 spiro atoms. The monoisotopic (exact) mass is 705 g/mol. The summed E-state index contributed by atoms with van der Waals surface area (Å²) in [5.74, 6) is 0. The van der Waals surface area contributed by atoms with Crippen LogP contribution in [0.15, 0.2) is 60.9 Å². The van der Waals surface area contributed by atoms with Gasteiger partial charge in [-0.25, -0.2) is 0 Å². The largest absolute Gasteiger partial charge is 0.374 e. The highest BCUT2D eigenvalue weighted by Gasteiger charge is 2.59. The molecule has 1 aliphatic rings. The molecule has 1 unspecified atom stereocenters. The Kier molecular flexibility index (Phi) is 8.24. The van der Waals surface area contributed by atoms with Crippen LogP contribution in [0.5, 0.6) is 0 Å². The van der Waals surface area contributed by atoms with Crippen molar-refractivity contribution in [2.45, 2.75) is 53.5 Å². The summed E-state index contributed by atoms with van der Waals surface area (Å²) in [6.07, 6.45) is 6.82. The highest BCUT2D eigenvalue weighted by Crippen LogP contribution is 2.49. The summed E-state index contributed by atoms with van der Waals surface area (Å²) in [5, 5.41) is 12.2. The number of rotatable bonds is 8. The van der Waals surface area contributed by atoms with Gasteiger partial charge < -0.3 is 15.6 Å². The SMILES string of the molecule is N[C@@H](Cc1ccccc1)[C@@](O)(I)C(OC1CCCC1)(C(I)=S(=O)=O)c1ccc2nccnc2c1. The van der Waals surface area contributed by atoms with Crippen molar-refractivity contribution in [3.05, 3.63) is 72.1 Å². The molecule has 3 N–H and O–H groups in total. The second-order valence-electron chi connectivity index (χ2n) is 8.44. The van der Waals surface area contributed by atoms with Gasteiger partial charge in [0.2, 0.25) is 10.3 Å². The average molecular weight is 705 g/mol. The van der Waals surface area contributed by atoms with Crippen LogP contribution >= 0.6 is 45.2 Å². The number of benzene rings is 2. The number of nitrogens with zero attached hydrogens (tertiary/aromatic N) is 2. The van der Waals surface area contributed by atoms with E-state index in [2.05, 4.69) is 9.97 Å². The molecular weight excluding hydrogens is 680 g/mol. The van der Waals surface area contributed by atoms with Crippen LogP contribution < -0.4 is 5.73 Å². The van der Waals surface area contributed by atoms with Gasteiger partial charge in [-0.15, -0.1) is 0 Å². The Morgan fingerprint density at radius 2 is 1.76 bits per heavy atom. The van der Waals surface area contributed by atoms with Crippen molar-refractivity contribution in [1.29, 1.82) is 0 Å². The van der Waals surface area contributed by atoms with E-state index in [1.54, 1.807) is 53.2 Å². The number of nitrogens with two attached hydrogens (primary N) is 1. The van der Waals surface area contributed by atoms with E-state index in [9.17, 15) is 13.5 Å². The van der Waals surface area contributed by atoms with Crippen molar-refractivity contribution >= 4 is 69.4 Å². The predicted molar refractivity (Wildman–Crippen MR) is 150 cm³/mol. The molecule has 34 heavy (non-hydrogen) atoms. The van der Waals surface area contributed by atoms with E-state index in [-0.39, 0.29) is 8.98 Å². The van der Waals surface area contributed by atoms with Gasteiger partial charge in [-0.1, -0.05) is 49.2 Å². The Labute approximate surface area is 227 Å². The summed E-state index contributed by atoms with van der Waals surface area (Å²) >= 11 is 3.65. The third-order valence-corrected chi connectivity index (χ3v) is 10.2. The minimum Gasteiger partial charge on any atom is -0.374 e. The van der Waals surface area contributed by atoms with Crippen LogP contribution in [0.25, 0.3) is 11.0 Å². The Balaban J connectivity index is 1.93. The van der Waals surface area contributed by atoms with Gasteiger partial charge in [0, 0.05) is 12.4 Å². The van der Waals surface area contributed by atoms with E-state index in [4.69, 9.17) is 10.5 Å². The summed E-state index contributed by atoms with van der Waals surface area (Å²) in [7, 11) is -2.65. The number of hydrogen-bond acceptors (Lipinski definition) is 7. The van der Waals surface area contributed by atoms with Gasteiger partial charge in [0.1, 0.15) is 0 Å². The van der Waals surface area contributed by atoms with Crippen molar-refractivity contribution < 1.29 is 18.3 Å². The van der Waals surface area contributed by atoms with Crippen LogP contribution in [0.1, 0.15) is 36.8 Å². The van der Waals surface area contributed by atoms with E-state index < -0.39 is 25.5 Å². The van der Waals surface area contributed by atoms with Crippen LogP contribution in [-0.2, 0) is 27.1 Å². The van der Waals surface area contributed by atoms with Gasteiger partial charge in [-0.3, -0.25) is 9.97 Å². The number of alkyl halides is 1. The molecule has 10 heteroatoms. The van der Waals surface area contributed by atoms with E-state index in [1.807, 2.05) is 52.9 Å². The van der Waals surface area contributed by atoms with Crippen LogP contribution in [0.2, 0.25) is 0 Å². The number of aromatic nitrogens is 2. The molecule has 1 aromatic heterocycles. The molecule has 1 saturated carbocycles. The van der Waals surface area contributed by atoms with Crippen molar-refractivity contribution in [2.75, 3.05) is 0 Å². The smallest absolute Gasteiger partial charge is 0.227 e. The first-order valence-electron chi connectivity index (χ1n) is 11.0. The molecule has 4 rings (SSSR count). The number of aliphatic hydroxyl groups is 1.